The maximum Gasteiger partial charge on any atom is 0.287 e. The normalized spacial score (nSPS) is 14.1. The van der Waals surface area contributed by atoms with E-state index in [1.807, 2.05) is 31.2 Å². The second-order valence-corrected chi connectivity index (χ2v) is 13.3. The highest BCUT2D eigenvalue weighted by Gasteiger charge is 2.27. The smallest absolute Gasteiger partial charge is 0.287 e. The summed E-state index contributed by atoms with van der Waals surface area (Å²) in [5.74, 6) is -0.0163. The number of carbonyl (C=O) groups excluding carboxylic acids is 1. The summed E-state index contributed by atoms with van der Waals surface area (Å²) in [7, 11) is -3.90. The van der Waals surface area contributed by atoms with Crippen LogP contribution in [-0.4, -0.2) is 45.4 Å². The Morgan fingerprint density at radius 2 is 1.62 bits per heavy atom. The molecule has 7 nitrogen and oxygen atoms in total. The van der Waals surface area contributed by atoms with Crippen LogP contribution < -0.4 is 9.62 Å². The molecule has 0 radical (unpaired) electrons. The molecule has 1 aliphatic heterocycles. The van der Waals surface area contributed by atoms with Crippen LogP contribution in [-0.2, 0) is 16.6 Å². The predicted molar refractivity (Wildman–Crippen MR) is 161 cm³/mol. The summed E-state index contributed by atoms with van der Waals surface area (Å²) in [5, 5.41) is 3.66. The molecule has 2 heterocycles. The summed E-state index contributed by atoms with van der Waals surface area (Å²) >= 11 is 6.82. The van der Waals surface area contributed by atoms with Crippen molar-refractivity contribution in [2.45, 2.75) is 31.2 Å². The van der Waals surface area contributed by atoms with E-state index in [9.17, 15) is 13.2 Å². The summed E-state index contributed by atoms with van der Waals surface area (Å²) in [5.41, 5.74) is 2.53. The van der Waals surface area contributed by atoms with Crippen molar-refractivity contribution in [1.29, 1.82) is 0 Å². The van der Waals surface area contributed by atoms with E-state index in [2.05, 4.69) is 42.1 Å². The van der Waals surface area contributed by atoms with Crippen LogP contribution in [0.1, 0.15) is 34.5 Å². The van der Waals surface area contributed by atoms with E-state index in [1.165, 1.54) is 17.1 Å². The van der Waals surface area contributed by atoms with Gasteiger partial charge in [-0.15, -0.1) is 0 Å². The minimum atomic E-state index is -3.90. The number of halogens is 2. The zero-order valence-electron chi connectivity index (χ0n) is 21.5. The molecule has 0 bridgehead atoms. The summed E-state index contributed by atoms with van der Waals surface area (Å²) in [4.78, 5) is 15.5. The first-order valence-corrected chi connectivity index (χ1v) is 15.8. The molecule has 1 aliphatic rings. The van der Waals surface area contributed by atoms with E-state index < -0.39 is 10.0 Å². The summed E-state index contributed by atoms with van der Waals surface area (Å²) in [6, 6.07) is 19.4. The molecule has 0 saturated carbocycles. The van der Waals surface area contributed by atoms with Gasteiger partial charge in [-0.1, -0.05) is 44.0 Å². The number of aryl methyl sites for hydroxylation is 1. The second kappa shape index (κ2) is 11.8. The predicted octanol–water partition coefficient (Wildman–Crippen LogP) is 6.49. The van der Waals surface area contributed by atoms with Crippen molar-refractivity contribution in [3.8, 4) is 0 Å². The molecule has 0 aliphatic carbocycles. The summed E-state index contributed by atoms with van der Waals surface area (Å²) < 4.78 is 36.8. The Hall–Kier alpha value is -2.66. The number of benzene rings is 3. The maximum absolute atomic E-state index is 13.9. The molecule has 204 valence electrons. The lowest BCUT2D eigenvalue weighted by Gasteiger charge is -2.25. The van der Waals surface area contributed by atoms with E-state index in [0.29, 0.717) is 28.8 Å². The van der Waals surface area contributed by atoms with E-state index >= 15 is 0 Å². The van der Waals surface area contributed by atoms with E-state index in [4.69, 9.17) is 4.42 Å². The van der Waals surface area contributed by atoms with Gasteiger partial charge in [0.25, 0.3) is 15.9 Å². The number of sulfonamides is 1. The molecule has 10 heteroatoms. The number of likely N-dealkylation sites (tertiary alicyclic amines) is 1. The molecule has 0 spiro atoms. The molecule has 5 rings (SSSR count). The van der Waals surface area contributed by atoms with Crippen LogP contribution in [0, 0.1) is 6.92 Å². The topological polar surface area (TPSA) is 82.9 Å². The molecule has 0 atom stereocenters. The summed E-state index contributed by atoms with van der Waals surface area (Å²) in [6.45, 7) is 5.47. The SMILES string of the molecule is Cc1c(C(=O)NCCN2CCCC2)oc2ccc(N(Cc3ccc(Br)cc3)S(=O)(=O)c3ccc(Br)cc3)cc12. The third kappa shape index (κ3) is 6.24. The lowest BCUT2D eigenvalue weighted by atomic mass is 10.1. The van der Waals surface area contributed by atoms with Crippen molar-refractivity contribution >= 4 is 64.4 Å². The van der Waals surface area contributed by atoms with Gasteiger partial charge >= 0.3 is 0 Å². The van der Waals surface area contributed by atoms with Crippen LogP contribution in [0.3, 0.4) is 0 Å². The van der Waals surface area contributed by atoms with E-state index in [0.717, 1.165) is 34.1 Å². The Balaban J connectivity index is 1.47. The van der Waals surface area contributed by atoms with Gasteiger partial charge in [0.1, 0.15) is 5.58 Å². The zero-order chi connectivity index (χ0) is 27.6. The second-order valence-electron chi connectivity index (χ2n) is 9.63. The van der Waals surface area contributed by atoms with Gasteiger partial charge in [0.2, 0.25) is 0 Å². The van der Waals surface area contributed by atoms with Crippen LogP contribution in [0.25, 0.3) is 11.0 Å². The number of nitrogens with zero attached hydrogens (tertiary/aromatic N) is 2. The highest BCUT2D eigenvalue weighted by Crippen LogP contribution is 2.33. The Bertz CT molecular complexity index is 1580. The van der Waals surface area contributed by atoms with Crippen molar-refractivity contribution in [2.75, 3.05) is 30.5 Å². The number of rotatable bonds is 9. The maximum atomic E-state index is 13.9. The quantitative estimate of drug-likeness (QED) is 0.220. The number of hydrogen-bond acceptors (Lipinski definition) is 5. The van der Waals surface area contributed by atoms with Crippen LogP contribution >= 0.6 is 31.9 Å². The van der Waals surface area contributed by atoms with Crippen LogP contribution in [0.15, 0.2) is 85.0 Å². The first kappa shape index (κ1) is 27.9. The van der Waals surface area contributed by atoms with Gasteiger partial charge in [-0.2, -0.15) is 0 Å². The van der Waals surface area contributed by atoms with Crippen LogP contribution in [0.2, 0.25) is 0 Å². The van der Waals surface area contributed by atoms with Crippen LogP contribution in [0.5, 0.6) is 0 Å². The minimum absolute atomic E-state index is 0.137. The Kier molecular flexibility index (Phi) is 8.46. The van der Waals surface area contributed by atoms with Crippen molar-refractivity contribution in [2.24, 2.45) is 0 Å². The number of amides is 1. The molecule has 1 saturated heterocycles. The van der Waals surface area contributed by atoms with Crippen molar-refractivity contribution < 1.29 is 17.6 Å². The Labute approximate surface area is 245 Å². The van der Waals surface area contributed by atoms with E-state index in [1.54, 1.807) is 42.5 Å². The van der Waals surface area contributed by atoms with Gasteiger partial charge in [-0.3, -0.25) is 9.10 Å². The first-order chi connectivity index (χ1) is 18.7. The van der Waals surface area contributed by atoms with Gasteiger partial charge < -0.3 is 14.6 Å². The molecule has 1 amide bonds. The minimum Gasteiger partial charge on any atom is -0.451 e. The Morgan fingerprint density at radius 3 is 2.28 bits per heavy atom. The van der Waals surface area contributed by atoms with Crippen molar-refractivity contribution in [3.05, 3.63) is 92.6 Å². The fourth-order valence-corrected chi connectivity index (χ4v) is 6.77. The molecule has 1 N–H and O–H groups in total. The third-order valence-corrected chi connectivity index (χ3v) is 9.81. The lowest BCUT2D eigenvalue weighted by Crippen LogP contribution is -2.33. The monoisotopic (exact) mass is 673 g/mol. The number of hydrogen-bond donors (Lipinski definition) is 1. The zero-order valence-corrected chi connectivity index (χ0v) is 25.5. The molecule has 39 heavy (non-hydrogen) atoms. The van der Waals surface area contributed by atoms with Gasteiger partial charge in [-0.05, 0) is 93.0 Å². The van der Waals surface area contributed by atoms with Crippen molar-refractivity contribution in [1.82, 2.24) is 10.2 Å². The molecule has 4 aromatic rings. The average Bonchev–Trinajstić information content (AvgIpc) is 3.56. The summed E-state index contributed by atoms with van der Waals surface area (Å²) in [6.07, 6.45) is 2.41. The number of furan rings is 1. The highest BCUT2D eigenvalue weighted by atomic mass is 79.9. The molecular weight excluding hydrogens is 646 g/mol. The van der Waals surface area contributed by atoms with Crippen molar-refractivity contribution in [3.63, 3.8) is 0 Å². The molecule has 3 aromatic carbocycles. The lowest BCUT2D eigenvalue weighted by molar-refractivity contribution is 0.0923. The fraction of sp³-hybridized carbons (Fsp3) is 0.276. The average molecular weight is 675 g/mol. The van der Waals surface area contributed by atoms with Gasteiger partial charge in [-0.25, -0.2) is 8.42 Å². The molecule has 1 fully saturated rings. The van der Waals surface area contributed by atoms with Crippen LogP contribution in [0.4, 0.5) is 5.69 Å². The number of anilines is 1. The fourth-order valence-electron chi connectivity index (χ4n) is 4.80. The Morgan fingerprint density at radius 1 is 0.974 bits per heavy atom. The third-order valence-electron chi connectivity index (χ3n) is 6.97. The number of carbonyl (C=O) groups is 1. The van der Waals surface area contributed by atoms with Gasteiger partial charge in [0.05, 0.1) is 17.1 Å². The standard InChI is InChI=1S/C29H29Br2N3O4S/c1-20-26-18-24(10-13-27(26)38-28(20)29(35)32-14-17-33-15-2-3-16-33)34(19-21-4-6-22(30)7-5-21)39(36,37)25-11-8-23(31)9-12-25/h4-13,18H,2-3,14-17,19H2,1H3,(H,32,35). The molecular formula is C29H29Br2N3O4S. The van der Waals surface area contributed by atoms with Gasteiger partial charge in [0.15, 0.2) is 5.76 Å². The first-order valence-electron chi connectivity index (χ1n) is 12.8. The molecule has 0 unspecified atom stereocenters. The van der Waals surface area contributed by atoms with Gasteiger partial charge in [0, 0.05) is 33.0 Å². The molecule has 1 aromatic heterocycles. The number of nitrogens with one attached hydrogen (secondary N) is 1. The number of fused-ring (bicyclic) bond motifs is 1. The highest BCUT2D eigenvalue weighted by molar-refractivity contribution is 9.10. The van der Waals surface area contributed by atoms with E-state index in [-0.39, 0.29) is 23.1 Å². The largest absolute Gasteiger partial charge is 0.451 e.